The van der Waals surface area contributed by atoms with E-state index in [0.29, 0.717) is 28.4 Å². The molecule has 3 rings (SSSR count). The van der Waals surface area contributed by atoms with Gasteiger partial charge in [0.05, 0.1) is 24.3 Å². The lowest BCUT2D eigenvalue weighted by atomic mass is 10.1. The van der Waals surface area contributed by atoms with Gasteiger partial charge in [-0.2, -0.15) is 5.26 Å². The Morgan fingerprint density at radius 1 is 1.39 bits per heavy atom. The molecular weight excluding hydrogens is 296 g/mol. The number of methoxy groups -OCH3 is 1. The van der Waals surface area contributed by atoms with Gasteiger partial charge in [-0.15, -0.1) is 0 Å². The zero-order valence-electron chi connectivity index (χ0n) is 12.2. The number of carbonyl (C=O) groups excluding carboxylic acids is 1. The van der Waals surface area contributed by atoms with Crippen LogP contribution >= 0.6 is 0 Å². The van der Waals surface area contributed by atoms with Gasteiger partial charge in [-0.3, -0.25) is 10.1 Å². The maximum atomic E-state index is 11.6. The predicted octanol–water partition coefficient (Wildman–Crippen LogP) is 1.61. The number of carbonyl (C=O) groups is 1. The molecule has 1 aliphatic rings. The highest BCUT2D eigenvalue weighted by Gasteiger charge is 2.18. The molecule has 3 N–H and O–H groups in total. The number of hydrogen-bond acceptors (Lipinski definition) is 6. The number of guanidine groups is 1. The Morgan fingerprint density at radius 2 is 2.22 bits per heavy atom. The van der Waals surface area contributed by atoms with E-state index < -0.39 is 0 Å². The number of nitrogens with zero attached hydrogens (tertiary/aromatic N) is 2. The minimum Gasteiger partial charge on any atom is -0.496 e. The molecule has 0 saturated heterocycles. The van der Waals surface area contributed by atoms with Crippen molar-refractivity contribution in [3.8, 4) is 23.1 Å². The first kappa shape index (κ1) is 14.4. The van der Waals surface area contributed by atoms with E-state index in [9.17, 15) is 4.79 Å². The fourth-order valence-corrected chi connectivity index (χ4v) is 2.17. The average molecular weight is 308 g/mol. The molecule has 0 spiro atoms. The van der Waals surface area contributed by atoms with Gasteiger partial charge in [0.2, 0.25) is 5.96 Å². The highest BCUT2D eigenvalue weighted by Crippen LogP contribution is 2.32. The minimum absolute atomic E-state index is 0.0522. The van der Waals surface area contributed by atoms with Crippen LogP contribution in [-0.2, 0) is 4.79 Å². The van der Waals surface area contributed by atoms with Crippen LogP contribution in [0.2, 0.25) is 0 Å². The zero-order valence-corrected chi connectivity index (χ0v) is 12.2. The Bertz CT molecular complexity index is 887. The van der Waals surface area contributed by atoms with Gasteiger partial charge in [-0.25, -0.2) is 4.99 Å². The summed E-state index contributed by atoms with van der Waals surface area (Å²) in [5.41, 5.74) is 6.74. The summed E-state index contributed by atoms with van der Waals surface area (Å²) in [7, 11) is 1.54. The van der Waals surface area contributed by atoms with E-state index >= 15 is 0 Å². The monoisotopic (exact) mass is 308 g/mol. The summed E-state index contributed by atoms with van der Waals surface area (Å²) in [6.07, 6.45) is 1.49. The van der Waals surface area contributed by atoms with Crippen molar-refractivity contribution in [2.45, 2.75) is 0 Å². The van der Waals surface area contributed by atoms with Gasteiger partial charge < -0.3 is 14.9 Å². The molecule has 1 aromatic carbocycles. The fraction of sp³-hybridized carbons (Fsp3) is 0.0625. The molecule has 2 heterocycles. The lowest BCUT2D eigenvalue weighted by molar-refractivity contribution is -0.115. The van der Waals surface area contributed by atoms with Crippen LogP contribution in [0.5, 0.6) is 5.75 Å². The number of nitriles is 1. The third-order valence-corrected chi connectivity index (χ3v) is 3.21. The molecule has 2 aromatic rings. The number of furan rings is 1. The standard InChI is InChI=1S/C16H12N4O3/c1-22-13-4-2-9(8-17)6-11(13)14-5-3-10(23-14)7-12-15(21)20-16(18)19-12/h2-7H,1H3,(H3,18,19,20,21)/b12-7+. The first-order valence-electron chi connectivity index (χ1n) is 6.66. The Morgan fingerprint density at radius 3 is 2.87 bits per heavy atom. The van der Waals surface area contributed by atoms with Crippen LogP contribution in [0.25, 0.3) is 17.4 Å². The quantitative estimate of drug-likeness (QED) is 0.836. The SMILES string of the molecule is COc1ccc(C#N)cc1-c1ccc(/C=C2/N=C(N)NC2=O)o1. The number of hydrogen-bond donors (Lipinski definition) is 2. The number of nitrogens with one attached hydrogen (secondary N) is 1. The Balaban J connectivity index is 1.99. The molecule has 0 aliphatic carbocycles. The molecule has 23 heavy (non-hydrogen) atoms. The number of benzene rings is 1. The molecule has 0 atom stereocenters. The number of nitrogens with two attached hydrogens (primary N) is 1. The Labute approximate surface area is 131 Å². The van der Waals surface area contributed by atoms with Crippen molar-refractivity contribution >= 4 is 17.9 Å². The van der Waals surface area contributed by atoms with E-state index in [2.05, 4.69) is 16.4 Å². The third kappa shape index (κ3) is 2.78. The topological polar surface area (TPSA) is 114 Å². The highest BCUT2D eigenvalue weighted by atomic mass is 16.5. The number of amides is 1. The van der Waals surface area contributed by atoms with Crippen LogP contribution in [-0.4, -0.2) is 19.0 Å². The van der Waals surface area contributed by atoms with E-state index in [0.717, 1.165) is 0 Å². The van der Waals surface area contributed by atoms with Crippen molar-refractivity contribution in [1.82, 2.24) is 5.32 Å². The summed E-state index contributed by atoms with van der Waals surface area (Å²) >= 11 is 0. The van der Waals surface area contributed by atoms with E-state index in [-0.39, 0.29) is 17.6 Å². The predicted molar refractivity (Wildman–Crippen MR) is 83.2 cm³/mol. The van der Waals surface area contributed by atoms with Gasteiger partial charge in [-0.1, -0.05) is 0 Å². The number of ether oxygens (including phenoxy) is 1. The maximum absolute atomic E-state index is 11.6. The van der Waals surface area contributed by atoms with E-state index in [1.165, 1.54) is 13.2 Å². The van der Waals surface area contributed by atoms with Gasteiger partial charge in [-0.05, 0) is 30.3 Å². The molecule has 114 valence electrons. The van der Waals surface area contributed by atoms with Crippen molar-refractivity contribution in [2.75, 3.05) is 7.11 Å². The summed E-state index contributed by atoms with van der Waals surface area (Å²) < 4.78 is 11.0. The molecule has 0 fully saturated rings. The summed E-state index contributed by atoms with van der Waals surface area (Å²) in [6.45, 7) is 0. The smallest absolute Gasteiger partial charge is 0.276 e. The van der Waals surface area contributed by atoms with Crippen molar-refractivity contribution < 1.29 is 13.9 Å². The molecule has 1 amide bonds. The molecule has 0 radical (unpaired) electrons. The van der Waals surface area contributed by atoms with Gasteiger partial charge >= 0.3 is 0 Å². The van der Waals surface area contributed by atoms with E-state index in [1.807, 2.05) is 0 Å². The summed E-state index contributed by atoms with van der Waals surface area (Å²) in [6, 6.07) is 10.5. The molecule has 0 bridgehead atoms. The second-order valence-electron chi connectivity index (χ2n) is 4.71. The average Bonchev–Trinajstić information content (AvgIpc) is 3.13. The Hall–Kier alpha value is -3.53. The highest BCUT2D eigenvalue weighted by molar-refractivity contribution is 6.13. The summed E-state index contributed by atoms with van der Waals surface area (Å²) in [5, 5.41) is 11.4. The van der Waals surface area contributed by atoms with Crippen LogP contribution in [0.15, 0.2) is 45.4 Å². The fourth-order valence-electron chi connectivity index (χ4n) is 2.17. The molecular formula is C16H12N4O3. The summed E-state index contributed by atoms with van der Waals surface area (Å²) in [5.74, 6) is 1.20. The van der Waals surface area contributed by atoms with Crippen molar-refractivity contribution in [1.29, 1.82) is 5.26 Å². The molecule has 1 aliphatic heterocycles. The third-order valence-electron chi connectivity index (χ3n) is 3.21. The van der Waals surface area contributed by atoms with Gasteiger partial charge in [0.25, 0.3) is 5.91 Å². The molecule has 7 heteroatoms. The van der Waals surface area contributed by atoms with Crippen LogP contribution in [0.4, 0.5) is 0 Å². The normalized spacial score (nSPS) is 15.2. The van der Waals surface area contributed by atoms with Gasteiger partial charge in [0.15, 0.2) is 0 Å². The maximum Gasteiger partial charge on any atom is 0.276 e. The first-order valence-corrected chi connectivity index (χ1v) is 6.66. The zero-order chi connectivity index (χ0) is 16.4. The number of rotatable bonds is 3. The van der Waals surface area contributed by atoms with Crippen LogP contribution in [0.1, 0.15) is 11.3 Å². The molecule has 7 nitrogen and oxygen atoms in total. The second kappa shape index (κ2) is 5.69. The van der Waals surface area contributed by atoms with Gasteiger partial charge in [0.1, 0.15) is 23.0 Å². The first-order chi connectivity index (χ1) is 11.1. The van der Waals surface area contributed by atoms with Crippen LogP contribution in [0, 0.1) is 11.3 Å². The lowest BCUT2D eigenvalue weighted by Crippen LogP contribution is -2.30. The van der Waals surface area contributed by atoms with E-state index in [1.54, 1.807) is 30.3 Å². The van der Waals surface area contributed by atoms with Crippen LogP contribution < -0.4 is 15.8 Å². The Kier molecular flexibility index (Phi) is 3.57. The lowest BCUT2D eigenvalue weighted by Gasteiger charge is -2.06. The van der Waals surface area contributed by atoms with Crippen molar-refractivity contribution in [2.24, 2.45) is 10.7 Å². The van der Waals surface area contributed by atoms with Crippen molar-refractivity contribution in [3.63, 3.8) is 0 Å². The molecule has 0 unspecified atom stereocenters. The largest absolute Gasteiger partial charge is 0.496 e. The minimum atomic E-state index is -0.385. The van der Waals surface area contributed by atoms with Crippen LogP contribution in [0.3, 0.4) is 0 Å². The van der Waals surface area contributed by atoms with Gasteiger partial charge in [0, 0.05) is 6.08 Å². The second-order valence-corrected chi connectivity index (χ2v) is 4.71. The molecule has 1 aromatic heterocycles. The molecule has 0 saturated carbocycles. The number of aliphatic imine (C=N–C) groups is 1. The van der Waals surface area contributed by atoms with E-state index in [4.69, 9.17) is 20.1 Å². The summed E-state index contributed by atoms with van der Waals surface area (Å²) in [4.78, 5) is 15.5. The van der Waals surface area contributed by atoms with Crippen molar-refractivity contribution in [3.05, 3.63) is 47.4 Å².